The van der Waals surface area contributed by atoms with Crippen LogP contribution in [-0.4, -0.2) is 5.24 Å². The highest BCUT2D eigenvalue weighted by molar-refractivity contribution is 7.85. The maximum Gasteiger partial charge on any atom is 0.252 e. The van der Waals surface area contributed by atoms with Crippen molar-refractivity contribution in [2.24, 2.45) is 0 Å². The third-order valence-corrected chi connectivity index (χ3v) is 1.22. The fourth-order valence-corrected chi connectivity index (χ4v) is 0.695. The van der Waals surface area contributed by atoms with Gasteiger partial charge in [-0.2, -0.15) is 5.26 Å². The average Bonchev–Trinajstić information content (AvgIpc) is 2.07. The van der Waals surface area contributed by atoms with Crippen molar-refractivity contribution in [1.29, 1.82) is 5.26 Å². The van der Waals surface area contributed by atoms with Gasteiger partial charge in [-0.1, -0.05) is 43.0 Å². The van der Waals surface area contributed by atoms with Crippen LogP contribution in [0.1, 0.15) is 10.4 Å². The van der Waals surface area contributed by atoms with Gasteiger partial charge in [-0.05, 0) is 11.6 Å². The SMILES string of the molecule is N#CS.O=C(Cl)c1ccccc1. The van der Waals surface area contributed by atoms with Crippen molar-refractivity contribution in [2.75, 3.05) is 0 Å². The van der Waals surface area contributed by atoms with E-state index in [4.69, 9.17) is 16.9 Å². The third-order valence-electron chi connectivity index (χ3n) is 1.00. The third kappa shape index (κ3) is 4.78. The lowest BCUT2D eigenvalue weighted by molar-refractivity contribution is 0.108. The number of rotatable bonds is 1. The summed E-state index contributed by atoms with van der Waals surface area (Å²) in [6.45, 7) is 0. The molecule has 62 valence electrons. The number of hydrogen-bond acceptors (Lipinski definition) is 3. The van der Waals surface area contributed by atoms with Crippen LogP contribution >= 0.6 is 24.2 Å². The zero-order chi connectivity index (χ0) is 9.40. The van der Waals surface area contributed by atoms with E-state index in [0.29, 0.717) is 5.56 Å². The normalized spacial score (nSPS) is 7.42. The lowest BCUT2D eigenvalue weighted by atomic mass is 10.2. The lowest BCUT2D eigenvalue weighted by Crippen LogP contribution is -1.84. The monoisotopic (exact) mass is 199 g/mol. The smallest absolute Gasteiger partial charge is 0.252 e. The van der Waals surface area contributed by atoms with Crippen molar-refractivity contribution in [3.05, 3.63) is 35.9 Å². The van der Waals surface area contributed by atoms with E-state index in [1.165, 1.54) is 5.40 Å². The summed E-state index contributed by atoms with van der Waals surface area (Å²) in [5.74, 6) is 0. The maximum absolute atomic E-state index is 10.4. The van der Waals surface area contributed by atoms with Gasteiger partial charge in [0.25, 0.3) is 5.24 Å². The summed E-state index contributed by atoms with van der Waals surface area (Å²) in [4.78, 5) is 10.4. The largest absolute Gasteiger partial charge is 0.276 e. The van der Waals surface area contributed by atoms with Crippen LogP contribution in [0, 0.1) is 10.7 Å². The average molecular weight is 200 g/mol. The van der Waals surface area contributed by atoms with Gasteiger partial charge in [0.05, 0.1) is 0 Å². The van der Waals surface area contributed by atoms with E-state index in [9.17, 15) is 4.79 Å². The van der Waals surface area contributed by atoms with Gasteiger partial charge in [0, 0.05) is 5.56 Å². The number of nitriles is 1. The summed E-state index contributed by atoms with van der Waals surface area (Å²) in [6.07, 6.45) is 0. The van der Waals surface area contributed by atoms with Crippen molar-refractivity contribution < 1.29 is 4.79 Å². The molecule has 1 aromatic carbocycles. The van der Waals surface area contributed by atoms with E-state index in [-0.39, 0.29) is 0 Å². The molecule has 4 heteroatoms. The van der Waals surface area contributed by atoms with Crippen molar-refractivity contribution >= 4 is 29.5 Å². The van der Waals surface area contributed by atoms with Gasteiger partial charge in [-0.15, -0.1) is 0 Å². The summed E-state index contributed by atoms with van der Waals surface area (Å²) < 4.78 is 0. The lowest BCUT2D eigenvalue weighted by Gasteiger charge is -1.87. The second kappa shape index (κ2) is 6.71. The molecule has 0 amide bonds. The molecule has 0 spiro atoms. The summed E-state index contributed by atoms with van der Waals surface area (Å²) in [5, 5.41) is 8.22. The molecule has 0 atom stereocenters. The van der Waals surface area contributed by atoms with Crippen LogP contribution in [0.25, 0.3) is 0 Å². The molecule has 0 aliphatic heterocycles. The van der Waals surface area contributed by atoms with Crippen molar-refractivity contribution in [2.45, 2.75) is 0 Å². The van der Waals surface area contributed by atoms with E-state index in [0.717, 1.165) is 0 Å². The number of thiocyanates is 1. The zero-order valence-electron chi connectivity index (χ0n) is 6.07. The molecule has 1 aromatic rings. The topological polar surface area (TPSA) is 40.9 Å². The van der Waals surface area contributed by atoms with Crippen LogP contribution in [-0.2, 0) is 0 Å². The Morgan fingerprint density at radius 2 is 1.83 bits per heavy atom. The minimum absolute atomic E-state index is 0.407. The molecule has 12 heavy (non-hydrogen) atoms. The molecule has 0 aromatic heterocycles. The fourth-order valence-electron chi connectivity index (χ4n) is 0.569. The molecule has 0 unspecified atom stereocenters. The first kappa shape index (κ1) is 11.0. The van der Waals surface area contributed by atoms with E-state index < -0.39 is 5.24 Å². The molecular weight excluding hydrogens is 194 g/mol. The zero-order valence-corrected chi connectivity index (χ0v) is 7.72. The van der Waals surface area contributed by atoms with Gasteiger partial charge in [0.15, 0.2) is 0 Å². The molecule has 2 nitrogen and oxygen atoms in total. The summed E-state index contributed by atoms with van der Waals surface area (Å²) >= 11 is 8.26. The number of benzene rings is 1. The molecule has 0 bridgehead atoms. The first-order valence-electron chi connectivity index (χ1n) is 3.00. The molecule has 0 saturated carbocycles. The van der Waals surface area contributed by atoms with Gasteiger partial charge >= 0.3 is 0 Å². The second-order valence-electron chi connectivity index (χ2n) is 1.74. The molecular formula is C8H6ClNOS. The van der Waals surface area contributed by atoms with Crippen LogP contribution in [0.5, 0.6) is 0 Å². The second-order valence-corrected chi connectivity index (χ2v) is 2.28. The number of nitrogens with zero attached hydrogens (tertiary/aromatic N) is 1. The summed E-state index contributed by atoms with van der Waals surface area (Å²) in [7, 11) is 0. The fraction of sp³-hybridized carbons (Fsp3) is 0. The minimum atomic E-state index is -0.407. The standard InChI is InChI=1S/C7H5ClO.CHNS/c8-7(9)6-4-2-1-3-5-6;2-1-3/h1-5H;3H. The van der Waals surface area contributed by atoms with Gasteiger partial charge in [0.2, 0.25) is 0 Å². The number of thiol groups is 1. The van der Waals surface area contributed by atoms with E-state index in [1.807, 2.05) is 6.07 Å². The Kier molecular flexibility index (Phi) is 6.16. The van der Waals surface area contributed by atoms with Gasteiger partial charge in [-0.3, -0.25) is 4.79 Å². The van der Waals surface area contributed by atoms with Crippen molar-refractivity contribution in [3.8, 4) is 5.40 Å². The summed E-state index contributed by atoms with van der Waals surface area (Å²) in [6, 6.07) is 8.74. The molecule has 0 saturated heterocycles. The van der Waals surface area contributed by atoms with E-state index >= 15 is 0 Å². The number of halogens is 1. The Balaban J connectivity index is 0.000000354. The minimum Gasteiger partial charge on any atom is -0.276 e. The Labute approximate surface area is 81.2 Å². The highest BCUT2D eigenvalue weighted by Gasteiger charge is 1.95. The van der Waals surface area contributed by atoms with Crippen molar-refractivity contribution in [1.82, 2.24) is 0 Å². The first-order chi connectivity index (χ1) is 5.72. The number of carbonyl (C=O) groups excluding carboxylic acids is 1. The molecule has 0 aliphatic rings. The molecule has 0 fully saturated rings. The van der Waals surface area contributed by atoms with E-state index in [1.54, 1.807) is 24.3 Å². The molecule has 0 N–H and O–H groups in total. The quantitative estimate of drug-likeness (QED) is 0.429. The van der Waals surface area contributed by atoms with Crippen LogP contribution in [0.4, 0.5) is 0 Å². The Morgan fingerprint density at radius 1 is 1.42 bits per heavy atom. The van der Waals surface area contributed by atoms with Crippen LogP contribution in [0.15, 0.2) is 30.3 Å². The van der Waals surface area contributed by atoms with Gasteiger partial charge < -0.3 is 0 Å². The maximum atomic E-state index is 10.4. The Morgan fingerprint density at radius 3 is 2.08 bits per heavy atom. The number of hydrogen-bond donors (Lipinski definition) is 1. The Bertz CT molecular complexity index is 281. The molecule has 1 rings (SSSR count). The van der Waals surface area contributed by atoms with Crippen LogP contribution in [0.3, 0.4) is 0 Å². The molecule has 0 radical (unpaired) electrons. The highest BCUT2D eigenvalue weighted by atomic mass is 35.5. The predicted molar refractivity (Wildman–Crippen MR) is 51.2 cm³/mol. The van der Waals surface area contributed by atoms with Crippen LogP contribution in [0.2, 0.25) is 0 Å². The number of carbonyl (C=O) groups is 1. The van der Waals surface area contributed by atoms with Crippen LogP contribution < -0.4 is 0 Å². The molecule has 0 aliphatic carbocycles. The summed E-state index contributed by atoms with van der Waals surface area (Å²) in [5.41, 5.74) is 0.541. The van der Waals surface area contributed by atoms with Gasteiger partial charge in [0.1, 0.15) is 5.40 Å². The molecule has 0 heterocycles. The first-order valence-corrected chi connectivity index (χ1v) is 3.83. The van der Waals surface area contributed by atoms with Crippen molar-refractivity contribution in [3.63, 3.8) is 0 Å². The predicted octanol–water partition coefficient (Wildman–Crippen LogP) is 2.46. The van der Waals surface area contributed by atoms with E-state index in [2.05, 4.69) is 12.6 Å². The van der Waals surface area contributed by atoms with Gasteiger partial charge in [-0.25, -0.2) is 0 Å². The Hall–Kier alpha value is -0.980. The highest BCUT2D eigenvalue weighted by Crippen LogP contribution is 2.01.